The zero-order valence-corrected chi connectivity index (χ0v) is 22.5. The van der Waals surface area contributed by atoms with Crippen molar-refractivity contribution < 1.29 is 22.7 Å². The lowest BCUT2D eigenvalue weighted by Crippen LogP contribution is -2.53. The standard InChI is InChI=1S/C25H33ClN4O5S/c1-4-35-25(32)22-17(2)27-18(3)23(22)36(33,34)30-11-5-6-19(16-30)24(31)29-14-12-28(13-15-29)21-9-7-20(26)8-10-21/h7-10,19,27H,4-6,11-16H2,1-3H3/t19-/m0/s1. The predicted molar refractivity (Wildman–Crippen MR) is 138 cm³/mol. The Morgan fingerprint density at radius 3 is 2.36 bits per heavy atom. The third kappa shape index (κ3) is 5.26. The fourth-order valence-electron chi connectivity index (χ4n) is 5.12. The number of piperazine rings is 1. The third-order valence-electron chi connectivity index (χ3n) is 6.91. The van der Waals surface area contributed by atoms with Gasteiger partial charge in [-0.05, 0) is 57.9 Å². The first-order valence-electron chi connectivity index (χ1n) is 12.3. The predicted octanol–water partition coefficient (Wildman–Crippen LogP) is 3.21. The molecule has 0 spiro atoms. The Balaban J connectivity index is 1.45. The summed E-state index contributed by atoms with van der Waals surface area (Å²) in [6.07, 6.45) is 1.22. The molecule has 2 aliphatic rings. The number of aromatic amines is 1. The van der Waals surface area contributed by atoms with E-state index in [0.29, 0.717) is 62.0 Å². The number of benzene rings is 1. The van der Waals surface area contributed by atoms with E-state index in [1.54, 1.807) is 20.8 Å². The van der Waals surface area contributed by atoms with Crippen LogP contribution in [-0.4, -0.2) is 80.4 Å². The molecule has 1 N–H and O–H groups in total. The van der Waals surface area contributed by atoms with E-state index in [1.165, 1.54) is 4.31 Å². The minimum Gasteiger partial charge on any atom is -0.462 e. The Morgan fingerprint density at radius 2 is 1.72 bits per heavy atom. The minimum absolute atomic E-state index is 0.0155. The van der Waals surface area contributed by atoms with E-state index in [1.807, 2.05) is 29.2 Å². The van der Waals surface area contributed by atoms with Crippen molar-refractivity contribution >= 4 is 39.2 Å². The van der Waals surface area contributed by atoms with E-state index in [0.717, 1.165) is 5.69 Å². The molecule has 9 nitrogen and oxygen atoms in total. The number of hydrogen-bond donors (Lipinski definition) is 1. The second kappa shape index (κ2) is 10.8. The number of H-pyrrole nitrogens is 1. The summed E-state index contributed by atoms with van der Waals surface area (Å²) in [5.41, 5.74) is 1.95. The molecule has 36 heavy (non-hydrogen) atoms. The first kappa shape index (κ1) is 26.5. The van der Waals surface area contributed by atoms with Gasteiger partial charge in [-0.2, -0.15) is 4.31 Å². The van der Waals surface area contributed by atoms with Crippen LogP contribution in [0.5, 0.6) is 0 Å². The molecule has 2 saturated heterocycles. The van der Waals surface area contributed by atoms with Crippen molar-refractivity contribution in [3.8, 4) is 0 Å². The molecular weight excluding hydrogens is 504 g/mol. The molecule has 4 rings (SSSR count). The largest absolute Gasteiger partial charge is 0.462 e. The average Bonchev–Trinajstić information content (AvgIpc) is 3.18. The number of ether oxygens (including phenoxy) is 1. The fraction of sp³-hybridized carbons (Fsp3) is 0.520. The van der Waals surface area contributed by atoms with E-state index in [9.17, 15) is 18.0 Å². The highest BCUT2D eigenvalue weighted by Crippen LogP contribution is 2.31. The summed E-state index contributed by atoms with van der Waals surface area (Å²) < 4.78 is 33.8. The number of carbonyl (C=O) groups excluding carboxylic acids is 2. The highest BCUT2D eigenvalue weighted by Gasteiger charge is 2.39. The number of amides is 1. The Morgan fingerprint density at radius 1 is 1.06 bits per heavy atom. The molecule has 0 aliphatic carbocycles. The fourth-order valence-corrected chi connectivity index (χ4v) is 7.18. The molecule has 1 aromatic carbocycles. The number of sulfonamides is 1. The smallest absolute Gasteiger partial charge is 0.341 e. The lowest BCUT2D eigenvalue weighted by Gasteiger charge is -2.39. The van der Waals surface area contributed by atoms with Gasteiger partial charge >= 0.3 is 5.97 Å². The quantitative estimate of drug-likeness (QED) is 0.569. The van der Waals surface area contributed by atoms with Crippen LogP contribution in [0.1, 0.15) is 41.5 Å². The van der Waals surface area contributed by atoms with Crippen LogP contribution in [-0.2, 0) is 19.6 Å². The van der Waals surface area contributed by atoms with Crippen molar-refractivity contribution in [2.45, 2.75) is 38.5 Å². The topological polar surface area (TPSA) is 103 Å². The van der Waals surface area contributed by atoms with Crippen molar-refractivity contribution in [1.82, 2.24) is 14.2 Å². The number of anilines is 1. The van der Waals surface area contributed by atoms with E-state index < -0.39 is 21.9 Å². The molecule has 3 heterocycles. The number of aryl methyl sites for hydroxylation is 2. The third-order valence-corrected chi connectivity index (χ3v) is 9.20. The molecule has 1 aromatic heterocycles. The molecular formula is C25H33ClN4O5S. The highest BCUT2D eigenvalue weighted by atomic mass is 35.5. The van der Waals surface area contributed by atoms with Gasteiger partial charge in [0.25, 0.3) is 0 Å². The minimum atomic E-state index is -4.00. The van der Waals surface area contributed by atoms with Gasteiger partial charge in [-0.15, -0.1) is 0 Å². The second-order valence-electron chi connectivity index (χ2n) is 9.29. The van der Waals surface area contributed by atoms with Crippen LogP contribution in [0.2, 0.25) is 5.02 Å². The number of aromatic nitrogens is 1. The zero-order chi connectivity index (χ0) is 26.0. The summed E-state index contributed by atoms with van der Waals surface area (Å²) in [5.74, 6) is -1.10. The van der Waals surface area contributed by atoms with Gasteiger partial charge in [-0.25, -0.2) is 13.2 Å². The molecule has 0 bridgehead atoms. The van der Waals surface area contributed by atoms with Gasteiger partial charge in [0.15, 0.2) is 0 Å². The highest BCUT2D eigenvalue weighted by molar-refractivity contribution is 7.89. The summed E-state index contributed by atoms with van der Waals surface area (Å²) in [6, 6.07) is 7.65. The van der Waals surface area contributed by atoms with Crippen molar-refractivity contribution in [3.63, 3.8) is 0 Å². The van der Waals surface area contributed by atoms with Crippen LogP contribution in [0, 0.1) is 19.8 Å². The zero-order valence-electron chi connectivity index (χ0n) is 20.9. The first-order valence-corrected chi connectivity index (χ1v) is 14.1. The molecule has 2 fully saturated rings. The number of halogens is 1. The molecule has 1 atom stereocenters. The van der Waals surface area contributed by atoms with Crippen LogP contribution in [0.3, 0.4) is 0 Å². The summed E-state index contributed by atoms with van der Waals surface area (Å²) in [7, 11) is -4.00. The molecule has 2 aliphatic heterocycles. The summed E-state index contributed by atoms with van der Waals surface area (Å²) >= 11 is 5.99. The molecule has 0 unspecified atom stereocenters. The van der Waals surface area contributed by atoms with E-state index in [2.05, 4.69) is 9.88 Å². The maximum atomic E-state index is 13.7. The first-order chi connectivity index (χ1) is 17.1. The number of nitrogens with zero attached hydrogens (tertiary/aromatic N) is 3. The van der Waals surface area contributed by atoms with Crippen molar-refractivity contribution in [2.24, 2.45) is 5.92 Å². The summed E-state index contributed by atoms with van der Waals surface area (Å²) in [6.45, 7) is 8.08. The van der Waals surface area contributed by atoms with Gasteiger partial charge in [-0.1, -0.05) is 11.6 Å². The molecule has 2 aromatic rings. The Hall–Kier alpha value is -2.56. The van der Waals surface area contributed by atoms with Gasteiger partial charge in [0.05, 0.1) is 12.5 Å². The van der Waals surface area contributed by atoms with Crippen molar-refractivity contribution in [2.75, 3.05) is 50.8 Å². The molecule has 1 amide bonds. The Labute approximate surface area is 217 Å². The van der Waals surface area contributed by atoms with Crippen molar-refractivity contribution in [3.05, 3.63) is 46.2 Å². The average molecular weight is 537 g/mol. The molecule has 0 saturated carbocycles. The van der Waals surface area contributed by atoms with Crippen LogP contribution in [0.15, 0.2) is 29.2 Å². The van der Waals surface area contributed by atoms with Gasteiger partial charge in [0.1, 0.15) is 10.5 Å². The summed E-state index contributed by atoms with van der Waals surface area (Å²) in [5, 5.41) is 0.684. The summed E-state index contributed by atoms with van der Waals surface area (Å²) in [4.78, 5) is 32.9. The van der Waals surface area contributed by atoms with E-state index >= 15 is 0 Å². The van der Waals surface area contributed by atoms with Gasteiger partial charge in [0.2, 0.25) is 15.9 Å². The van der Waals surface area contributed by atoms with E-state index in [-0.39, 0.29) is 29.5 Å². The van der Waals surface area contributed by atoms with Crippen LogP contribution in [0.4, 0.5) is 5.69 Å². The molecule has 11 heteroatoms. The Bertz CT molecular complexity index is 1220. The number of piperidine rings is 1. The lowest BCUT2D eigenvalue weighted by molar-refractivity contribution is -0.137. The number of hydrogen-bond acceptors (Lipinski definition) is 6. The Kier molecular flexibility index (Phi) is 7.96. The van der Waals surface area contributed by atoms with Crippen molar-refractivity contribution in [1.29, 1.82) is 0 Å². The van der Waals surface area contributed by atoms with Crippen LogP contribution in [0.25, 0.3) is 0 Å². The van der Waals surface area contributed by atoms with Gasteiger partial charge in [0, 0.05) is 61.4 Å². The van der Waals surface area contributed by atoms with Gasteiger partial charge < -0.3 is 19.5 Å². The molecule has 196 valence electrons. The van der Waals surface area contributed by atoms with Crippen LogP contribution >= 0.6 is 11.6 Å². The number of nitrogens with one attached hydrogen (secondary N) is 1. The number of rotatable bonds is 6. The normalized spacial score (nSPS) is 19.4. The maximum Gasteiger partial charge on any atom is 0.341 e. The number of carbonyl (C=O) groups is 2. The SMILES string of the molecule is CCOC(=O)c1c(C)[nH]c(C)c1S(=O)(=O)N1CCC[C@H](C(=O)N2CCN(c3ccc(Cl)cc3)CC2)C1. The lowest BCUT2D eigenvalue weighted by atomic mass is 9.97. The maximum absolute atomic E-state index is 13.7. The number of esters is 1. The van der Waals surface area contributed by atoms with Crippen LogP contribution < -0.4 is 4.90 Å². The van der Waals surface area contributed by atoms with Gasteiger partial charge in [-0.3, -0.25) is 4.79 Å². The molecule has 0 radical (unpaired) electrons. The van der Waals surface area contributed by atoms with E-state index in [4.69, 9.17) is 16.3 Å². The monoisotopic (exact) mass is 536 g/mol. The second-order valence-corrected chi connectivity index (χ2v) is 11.6.